The monoisotopic (exact) mass is 785 g/mol. The zero-order valence-corrected chi connectivity index (χ0v) is 33.2. The fraction of sp³-hybridized carbons (Fsp3) is 0.143. The molecule has 0 saturated carbocycles. The topological polar surface area (TPSA) is 99.1 Å². The van der Waals surface area contributed by atoms with Crippen molar-refractivity contribution in [3.63, 3.8) is 0 Å². The third-order valence-corrected chi connectivity index (χ3v) is 10.0. The highest BCUT2D eigenvalue weighted by molar-refractivity contribution is 7.14. The number of nitrogens with one attached hydrogen (secondary N) is 1. The Kier molecular flexibility index (Phi) is 12.2. The molecule has 0 amide bonds. The van der Waals surface area contributed by atoms with Gasteiger partial charge in [-0.05, 0) is 48.6 Å². The summed E-state index contributed by atoms with van der Waals surface area (Å²) in [5.41, 5.74) is 3.25. The van der Waals surface area contributed by atoms with E-state index in [1.165, 1.54) is 11.3 Å². The minimum atomic E-state index is -1.29. The van der Waals surface area contributed by atoms with E-state index < -0.39 is 35.3 Å². The predicted molar refractivity (Wildman–Crippen MR) is 228 cm³/mol. The van der Waals surface area contributed by atoms with Crippen molar-refractivity contribution in [1.82, 2.24) is 4.98 Å². The highest BCUT2D eigenvalue weighted by Crippen LogP contribution is 2.41. The fourth-order valence-electron chi connectivity index (χ4n) is 6.65. The number of benzene rings is 6. The molecular formula is C49H43N3O5S. The number of rotatable bonds is 14. The van der Waals surface area contributed by atoms with Crippen molar-refractivity contribution in [3.8, 4) is 0 Å². The highest BCUT2D eigenvalue weighted by Gasteiger charge is 2.38. The van der Waals surface area contributed by atoms with Crippen molar-refractivity contribution >= 4 is 34.1 Å². The average Bonchev–Trinajstić information content (AvgIpc) is 3.72. The molecule has 6 aromatic carbocycles. The minimum Gasteiger partial charge on any atom is -0.457 e. The second kappa shape index (κ2) is 18.0. The molecule has 1 atom stereocenters. The van der Waals surface area contributed by atoms with Crippen molar-refractivity contribution in [2.45, 2.75) is 44.1 Å². The molecule has 0 aliphatic rings. The Morgan fingerprint density at radius 1 is 0.603 bits per heavy atom. The average molecular weight is 786 g/mol. The molecule has 1 aromatic heterocycles. The Hall–Kier alpha value is -6.84. The molecule has 9 heteroatoms. The summed E-state index contributed by atoms with van der Waals surface area (Å²) in [6.07, 6.45) is -2.07. The Morgan fingerprint density at radius 3 is 1.45 bits per heavy atom. The summed E-state index contributed by atoms with van der Waals surface area (Å²) in [7, 11) is 0. The Labute approximate surface area is 342 Å². The number of hydrogen-bond donors (Lipinski definition) is 1. The summed E-state index contributed by atoms with van der Waals surface area (Å²) in [6.45, 7) is 5.32. The van der Waals surface area contributed by atoms with Crippen LogP contribution in [0.5, 0.6) is 0 Å². The molecule has 1 unspecified atom stereocenters. The largest absolute Gasteiger partial charge is 0.457 e. The van der Waals surface area contributed by atoms with Crippen molar-refractivity contribution < 1.29 is 23.9 Å². The number of aromatic nitrogens is 1. The van der Waals surface area contributed by atoms with E-state index in [-0.39, 0.29) is 11.4 Å². The van der Waals surface area contributed by atoms with Gasteiger partial charge in [0.25, 0.3) is 0 Å². The fourth-order valence-corrected chi connectivity index (χ4v) is 7.40. The third-order valence-electron chi connectivity index (χ3n) is 9.26. The number of carbonyl (C=O) groups excluding carboxylic acids is 2. The summed E-state index contributed by atoms with van der Waals surface area (Å²) in [4.78, 5) is 39.3. The van der Waals surface area contributed by atoms with Crippen LogP contribution in [0.1, 0.15) is 72.1 Å². The smallest absolute Gasteiger partial charge is 0.363 e. The molecule has 0 fully saturated rings. The maximum absolute atomic E-state index is 14.6. The first kappa shape index (κ1) is 39.4. The van der Waals surface area contributed by atoms with Gasteiger partial charge in [0.05, 0.1) is 0 Å². The Balaban J connectivity index is 1.33. The van der Waals surface area contributed by atoms with Gasteiger partial charge in [0.2, 0.25) is 11.8 Å². The lowest BCUT2D eigenvalue weighted by molar-refractivity contribution is -0.169. The number of oxime groups is 1. The van der Waals surface area contributed by atoms with Gasteiger partial charge in [-0.25, -0.2) is 14.6 Å². The zero-order valence-electron chi connectivity index (χ0n) is 32.4. The summed E-state index contributed by atoms with van der Waals surface area (Å²) >= 11 is 1.30. The second-order valence-electron chi connectivity index (χ2n) is 14.5. The van der Waals surface area contributed by atoms with E-state index in [4.69, 9.17) is 19.3 Å². The van der Waals surface area contributed by atoms with Gasteiger partial charge in [0.1, 0.15) is 16.8 Å². The van der Waals surface area contributed by atoms with Crippen LogP contribution in [0, 0.1) is 0 Å². The standard InChI is InChI=1S/C49H43N3O5S/c1-48(2,3)56-46(54)44(37-26-14-6-15-27-37)57-52-42(45(53)55-43(35-22-10-4-11-23-35)36-24-12-5-13-25-36)41-34-58-47(50-41)51-49(38-28-16-7-17-29-38,39-30-18-8-19-31-39)40-32-20-9-21-33-40/h4-34,43-44H,1-3H3,(H,50,51). The number of nitrogens with zero attached hydrogens (tertiary/aromatic N) is 2. The van der Waals surface area contributed by atoms with Crippen LogP contribution in [0.3, 0.4) is 0 Å². The molecule has 0 radical (unpaired) electrons. The molecule has 8 nitrogen and oxygen atoms in total. The molecule has 7 aromatic rings. The van der Waals surface area contributed by atoms with E-state index in [0.717, 1.165) is 27.8 Å². The zero-order chi connectivity index (χ0) is 40.4. The number of esters is 2. The lowest BCUT2D eigenvalue weighted by Crippen LogP contribution is -2.38. The van der Waals surface area contributed by atoms with Crippen molar-refractivity contribution in [2.75, 3.05) is 5.32 Å². The van der Waals surface area contributed by atoms with Crippen molar-refractivity contribution in [1.29, 1.82) is 0 Å². The van der Waals surface area contributed by atoms with Crippen LogP contribution < -0.4 is 5.32 Å². The van der Waals surface area contributed by atoms with Gasteiger partial charge < -0.3 is 19.6 Å². The van der Waals surface area contributed by atoms with Gasteiger partial charge in [-0.2, -0.15) is 0 Å². The van der Waals surface area contributed by atoms with Gasteiger partial charge in [-0.15, -0.1) is 11.3 Å². The number of hydrogen-bond acceptors (Lipinski definition) is 9. The molecular weight excluding hydrogens is 743 g/mol. The van der Waals surface area contributed by atoms with E-state index >= 15 is 0 Å². The first-order chi connectivity index (χ1) is 28.2. The molecule has 290 valence electrons. The predicted octanol–water partition coefficient (Wildman–Crippen LogP) is 10.7. The summed E-state index contributed by atoms with van der Waals surface area (Å²) in [5.74, 6) is -1.47. The Bertz CT molecular complexity index is 2280. The normalized spacial score (nSPS) is 12.4. The third kappa shape index (κ3) is 9.23. The van der Waals surface area contributed by atoms with Crippen LogP contribution in [-0.2, 0) is 29.4 Å². The molecule has 1 N–H and O–H groups in total. The van der Waals surface area contributed by atoms with Crippen LogP contribution in [0.25, 0.3) is 0 Å². The molecule has 7 rings (SSSR count). The molecule has 0 spiro atoms. The van der Waals surface area contributed by atoms with Crippen LogP contribution in [0.15, 0.2) is 193 Å². The maximum Gasteiger partial charge on any atom is 0.363 e. The van der Waals surface area contributed by atoms with Crippen molar-refractivity contribution in [3.05, 3.63) is 226 Å². The van der Waals surface area contributed by atoms with Gasteiger partial charge >= 0.3 is 11.9 Å². The number of ether oxygens (including phenoxy) is 2. The van der Waals surface area contributed by atoms with E-state index in [2.05, 4.69) is 46.9 Å². The number of anilines is 1. The van der Waals surface area contributed by atoms with E-state index in [9.17, 15) is 9.59 Å². The van der Waals surface area contributed by atoms with Gasteiger partial charge in [-0.1, -0.05) is 187 Å². The van der Waals surface area contributed by atoms with Gasteiger partial charge in [-0.3, -0.25) is 0 Å². The number of thiazole rings is 1. The minimum absolute atomic E-state index is 0.191. The molecule has 0 bridgehead atoms. The summed E-state index contributed by atoms with van der Waals surface area (Å²) < 4.78 is 12.1. The van der Waals surface area contributed by atoms with Crippen molar-refractivity contribution in [2.24, 2.45) is 5.16 Å². The van der Waals surface area contributed by atoms with Gasteiger partial charge in [0.15, 0.2) is 11.2 Å². The van der Waals surface area contributed by atoms with Crippen LogP contribution >= 0.6 is 11.3 Å². The molecule has 0 aliphatic heterocycles. The molecule has 1 heterocycles. The first-order valence-corrected chi connectivity index (χ1v) is 19.8. The van der Waals surface area contributed by atoms with Crippen LogP contribution in [-0.4, -0.2) is 28.2 Å². The SMILES string of the molecule is CC(C)(C)OC(=O)C(ON=C(C(=O)OC(c1ccccc1)c1ccccc1)c1csc(NC(c2ccccc2)(c2ccccc2)c2ccccc2)n1)c1ccccc1. The van der Waals surface area contributed by atoms with E-state index in [1.807, 2.05) is 121 Å². The second-order valence-corrected chi connectivity index (χ2v) is 15.3. The van der Waals surface area contributed by atoms with E-state index in [0.29, 0.717) is 10.7 Å². The van der Waals surface area contributed by atoms with E-state index in [1.54, 1.807) is 50.4 Å². The lowest BCUT2D eigenvalue weighted by atomic mass is 9.77. The quantitative estimate of drug-likeness (QED) is 0.0507. The van der Waals surface area contributed by atoms with Crippen LogP contribution in [0.4, 0.5) is 5.13 Å². The molecule has 58 heavy (non-hydrogen) atoms. The van der Waals surface area contributed by atoms with Gasteiger partial charge in [0, 0.05) is 10.9 Å². The maximum atomic E-state index is 14.6. The Morgan fingerprint density at radius 2 is 1.02 bits per heavy atom. The van der Waals surface area contributed by atoms with Crippen LogP contribution in [0.2, 0.25) is 0 Å². The first-order valence-electron chi connectivity index (χ1n) is 18.9. The number of carbonyl (C=O) groups is 2. The highest BCUT2D eigenvalue weighted by atomic mass is 32.1. The lowest BCUT2D eigenvalue weighted by Gasteiger charge is -2.36. The summed E-state index contributed by atoms with van der Waals surface area (Å²) in [6, 6.07) is 58.3. The molecule has 0 saturated heterocycles. The summed E-state index contributed by atoms with van der Waals surface area (Å²) in [5, 5.41) is 10.4. The molecule has 0 aliphatic carbocycles.